The summed E-state index contributed by atoms with van der Waals surface area (Å²) >= 11 is 0.956. The monoisotopic (exact) mass is 317 g/mol. The predicted octanol–water partition coefficient (Wildman–Crippen LogP) is 1.76. The van der Waals surface area contributed by atoms with E-state index < -0.39 is 0 Å². The van der Waals surface area contributed by atoms with Crippen LogP contribution >= 0.6 is 11.8 Å². The normalized spacial score (nSPS) is 22.3. The number of amides is 2. The van der Waals surface area contributed by atoms with E-state index in [1.807, 2.05) is 12.1 Å². The van der Waals surface area contributed by atoms with Crippen molar-refractivity contribution in [1.82, 2.24) is 15.1 Å². The van der Waals surface area contributed by atoms with Gasteiger partial charge in [0.1, 0.15) is 0 Å². The number of rotatable bonds is 3. The van der Waals surface area contributed by atoms with E-state index in [4.69, 9.17) is 0 Å². The first kappa shape index (κ1) is 15.3. The number of carbonyl (C=O) groups excluding carboxylic acids is 2. The van der Waals surface area contributed by atoms with Gasteiger partial charge in [0.15, 0.2) is 0 Å². The van der Waals surface area contributed by atoms with Crippen LogP contribution in [0.25, 0.3) is 6.08 Å². The van der Waals surface area contributed by atoms with Gasteiger partial charge in [0.05, 0.1) is 4.91 Å². The van der Waals surface area contributed by atoms with Crippen molar-refractivity contribution in [3.63, 3.8) is 0 Å². The van der Waals surface area contributed by atoms with Crippen LogP contribution < -0.4 is 5.32 Å². The van der Waals surface area contributed by atoms with Crippen LogP contribution in [0.15, 0.2) is 29.2 Å². The molecule has 1 N–H and O–H groups in total. The number of thioether (sulfide) groups is 1. The lowest BCUT2D eigenvalue weighted by Crippen LogP contribution is -2.43. The highest BCUT2D eigenvalue weighted by Crippen LogP contribution is 2.25. The average molecular weight is 317 g/mol. The molecule has 6 heteroatoms. The number of hydrogen-bond acceptors (Lipinski definition) is 5. The van der Waals surface area contributed by atoms with Crippen molar-refractivity contribution < 1.29 is 9.59 Å². The summed E-state index contributed by atoms with van der Waals surface area (Å²) < 4.78 is 0. The summed E-state index contributed by atoms with van der Waals surface area (Å²) in [4.78, 5) is 28.0. The molecule has 0 spiro atoms. The molecule has 2 saturated heterocycles. The minimum atomic E-state index is -0.306. The van der Waals surface area contributed by atoms with Crippen molar-refractivity contribution in [2.45, 2.75) is 6.54 Å². The maximum absolute atomic E-state index is 11.6. The Balaban J connectivity index is 1.69. The molecule has 22 heavy (non-hydrogen) atoms. The van der Waals surface area contributed by atoms with Crippen LogP contribution in [-0.4, -0.2) is 54.2 Å². The van der Waals surface area contributed by atoms with Crippen LogP contribution in [-0.2, 0) is 11.3 Å². The quantitative estimate of drug-likeness (QED) is 0.861. The summed E-state index contributed by atoms with van der Waals surface area (Å²) in [5.74, 6) is -0.306. The first-order valence-electron chi connectivity index (χ1n) is 7.35. The molecule has 2 fully saturated rings. The molecule has 0 saturated carbocycles. The molecule has 2 aliphatic rings. The zero-order valence-corrected chi connectivity index (χ0v) is 13.4. The summed E-state index contributed by atoms with van der Waals surface area (Å²) in [5.41, 5.74) is 2.19. The molecule has 0 aromatic heterocycles. The number of nitrogens with zero attached hydrogens (tertiary/aromatic N) is 2. The van der Waals surface area contributed by atoms with Gasteiger partial charge in [-0.05, 0) is 36.0 Å². The minimum Gasteiger partial charge on any atom is -0.304 e. The van der Waals surface area contributed by atoms with Gasteiger partial charge in [-0.2, -0.15) is 0 Å². The second-order valence-electron chi connectivity index (χ2n) is 5.68. The Morgan fingerprint density at radius 2 is 2.00 bits per heavy atom. The van der Waals surface area contributed by atoms with Crippen LogP contribution in [0.1, 0.15) is 11.1 Å². The lowest BCUT2D eigenvalue weighted by molar-refractivity contribution is -0.115. The molecule has 116 valence electrons. The Bertz CT molecular complexity index is 622. The van der Waals surface area contributed by atoms with Crippen LogP contribution in [0.5, 0.6) is 0 Å². The number of imide groups is 1. The Labute approximate surface area is 134 Å². The van der Waals surface area contributed by atoms with Crippen LogP contribution in [0.4, 0.5) is 4.79 Å². The van der Waals surface area contributed by atoms with Crippen molar-refractivity contribution in [3.8, 4) is 0 Å². The third-order valence-electron chi connectivity index (χ3n) is 3.89. The molecule has 1 aromatic carbocycles. The number of hydrogen-bond donors (Lipinski definition) is 1. The van der Waals surface area contributed by atoms with Crippen LogP contribution in [0.2, 0.25) is 0 Å². The largest absolute Gasteiger partial charge is 0.304 e. The van der Waals surface area contributed by atoms with Gasteiger partial charge in [-0.25, -0.2) is 0 Å². The zero-order chi connectivity index (χ0) is 15.5. The zero-order valence-electron chi connectivity index (χ0n) is 12.5. The van der Waals surface area contributed by atoms with E-state index in [1.165, 1.54) is 5.56 Å². The van der Waals surface area contributed by atoms with E-state index in [0.29, 0.717) is 4.91 Å². The molecule has 0 unspecified atom stereocenters. The summed E-state index contributed by atoms with van der Waals surface area (Å²) in [6.07, 6.45) is 1.78. The molecule has 2 amide bonds. The van der Waals surface area contributed by atoms with Gasteiger partial charge < -0.3 is 4.90 Å². The molecular weight excluding hydrogens is 298 g/mol. The lowest BCUT2D eigenvalue weighted by Gasteiger charge is -2.32. The van der Waals surface area contributed by atoms with E-state index >= 15 is 0 Å². The number of nitrogens with one attached hydrogen (secondary N) is 1. The van der Waals surface area contributed by atoms with Crippen LogP contribution in [0, 0.1) is 0 Å². The Hall–Kier alpha value is -1.63. The summed E-state index contributed by atoms with van der Waals surface area (Å²) in [6.45, 7) is 5.28. The molecule has 0 radical (unpaired) electrons. The number of benzene rings is 1. The number of carbonyl (C=O) groups is 2. The summed E-state index contributed by atoms with van der Waals surface area (Å²) in [7, 11) is 2.15. The minimum absolute atomic E-state index is 0.301. The molecule has 1 aromatic rings. The average Bonchev–Trinajstić information content (AvgIpc) is 2.80. The molecule has 5 nitrogen and oxygen atoms in total. The van der Waals surface area contributed by atoms with Crippen molar-refractivity contribution in [3.05, 3.63) is 40.3 Å². The van der Waals surface area contributed by atoms with Gasteiger partial charge in [0, 0.05) is 32.7 Å². The van der Waals surface area contributed by atoms with E-state index in [2.05, 4.69) is 34.3 Å². The van der Waals surface area contributed by atoms with Gasteiger partial charge in [-0.1, -0.05) is 24.3 Å². The van der Waals surface area contributed by atoms with Gasteiger partial charge in [-0.3, -0.25) is 19.8 Å². The third kappa shape index (κ3) is 3.76. The van der Waals surface area contributed by atoms with Gasteiger partial charge in [-0.15, -0.1) is 0 Å². The highest BCUT2D eigenvalue weighted by molar-refractivity contribution is 8.18. The maximum atomic E-state index is 11.6. The second-order valence-corrected chi connectivity index (χ2v) is 6.69. The fraction of sp³-hybridized carbons (Fsp3) is 0.375. The van der Waals surface area contributed by atoms with Crippen molar-refractivity contribution in [2.75, 3.05) is 33.2 Å². The Kier molecular flexibility index (Phi) is 4.61. The van der Waals surface area contributed by atoms with Gasteiger partial charge in [0.25, 0.3) is 11.1 Å². The van der Waals surface area contributed by atoms with Gasteiger partial charge in [0.2, 0.25) is 0 Å². The Morgan fingerprint density at radius 3 is 2.68 bits per heavy atom. The van der Waals surface area contributed by atoms with Crippen molar-refractivity contribution >= 4 is 29.0 Å². The molecule has 0 aliphatic carbocycles. The fourth-order valence-corrected chi connectivity index (χ4v) is 3.30. The first-order valence-corrected chi connectivity index (χ1v) is 8.16. The number of piperazine rings is 1. The van der Waals surface area contributed by atoms with Crippen molar-refractivity contribution in [2.24, 2.45) is 0 Å². The van der Waals surface area contributed by atoms with Crippen molar-refractivity contribution in [1.29, 1.82) is 0 Å². The third-order valence-corrected chi connectivity index (χ3v) is 4.70. The molecule has 2 heterocycles. The standard InChI is InChI=1S/C16H19N3O2S/c1-18-5-7-19(8-6-18)11-13-4-2-3-12(9-13)10-14-15(20)17-16(21)22-14/h2-4,9-10H,5-8,11H2,1H3,(H,17,20,21)/b14-10-. The first-order chi connectivity index (χ1) is 10.6. The predicted molar refractivity (Wildman–Crippen MR) is 88.3 cm³/mol. The topological polar surface area (TPSA) is 52.6 Å². The van der Waals surface area contributed by atoms with E-state index in [0.717, 1.165) is 50.0 Å². The Morgan fingerprint density at radius 1 is 1.23 bits per heavy atom. The SMILES string of the molecule is CN1CCN(Cc2cccc(/C=C3\SC(=O)NC3=O)c2)CC1. The van der Waals surface area contributed by atoms with Gasteiger partial charge >= 0.3 is 0 Å². The second kappa shape index (κ2) is 6.64. The van der Waals surface area contributed by atoms with E-state index in [-0.39, 0.29) is 11.1 Å². The van der Waals surface area contributed by atoms with Crippen LogP contribution in [0.3, 0.4) is 0 Å². The summed E-state index contributed by atoms with van der Waals surface area (Å²) in [5, 5.41) is 1.97. The summed E-state index contributed by atoms with van der Waals surface area (Å²) in [6, 6.07) is 8.14. The van der Waals surface area contributed by atoms with E-state index in [1.54, 1.807) is 6.08 Å². The highest BCUT2D eigenvalue weighted by atomic mass is 32.2. The number of likely N-dealkylation sites (N-methyl/N-ethyl adjacent to an activating group) is 1. The molecule has 2 aliphatic heterocycles. The highest BCUT2D eigenvalue weighted by Gasteiger charge is 2.24. The van der Waals surface area contributed by atoms with E-state index in [9.17, 15) is 9.59 Å². The lowest BCUT2D eigenvalue weighted by atomic mass is 10.1. The molecule has 0 atom stereocenters. The molecule has 0 bridgehead atoms. The fourth-order valence-electron chi connectivity index (χ4n) is 2.62. The smallest absolute Gasteiger partial charge is 0.290 e. The molecular formula is C16H19N3O2S. The maximum Gasteiger partial charge on any atom is 0.290 e. The molecule has 3 rings (SSSR count).